The van der Waals surface area contributed by atoms with Gasteiger partial charge in [0.25, 0.3) is 5.91 Å². The van der Waals surface area contributed by atoms with Crippen LogP contribution in [-0.4, -0.2) is 59.7 Å². The van der Waals surface area contributed by atoms with Gasteiger partial charge in [0.15, 0.2) is 6.10 Å². The van der Waals surface area contributed by atoms with Crippen LogP contribution in [0.15, 0.2) is 36.7 Å². The van der Waals surface area contributed by atoms with Gasteiger partial charge in [-0.2, -0.15) is 0 Å². The highest BCUT2D eigenvalue weighted by Gasteiger charge is 2.50. The molecule has 0 bridgehead atoms. The first kappa shape index (κ1) is 21.4. The van der Waals surface area contributed by atoms with Gasteiger partial charge in [-0.15, -0.1) is 0 Å². The molecule has 1 N–H and O–H groups in total. The number of methoxy groups -OCH3 is 1. The van der Waals surface area contributed by atoms with Crippen LogP contribution in [0.2, 0.25) is 0 Å². The van der Waals surface area contributed by atoms with Crippen LogP contribution in [0.3, 0.4) is 0 Å². The highest BCUT2D eigenvalue weighted by molar-refractivity contribution is 7.90. The van der Waals surface area contributed by atoms with E-state index in [0.717, 1.165) is 30.0 Å². The van der Waals surface area contributed by atoms with Crippen LogP contribution in [0.4, 0.5) is 0 Å². The van der Waals surface area contributed by atoms with Gasteiger partial charge in [-0.1, -0.05) is 12.1 Å². The van der Waals surface area contributed by atoms with E-state index in [-0.39, 0.29) is 11.2 Å². The van der Waals surface area contributed by atoms with Crippen molar-refractivity contribution in [3.05, 3.63) is 48.0 Å². The molecule has 1 aromatic carbocycles. The number of carbonyl (C=O) groups excluding carboxylic acids is 1. The lowest BCUT2D eigenvalue weighted by molar-refractivity contribution is -0.171. The van der Waals surface area contributed by atoms with Gasteiger partial charge in [0.05, 0.1) is 18.9 Å². The third-order valence-corrected chi connectivity index (χ3v) is 9.01. The second kappa shape index (κ2) is 8.17. The fourth-order valence-electron chi connectivity index (χ4n) is 4.60. The average molecular weight is 461 g/mol. The number of rotatable bonds is 6. The van der Waals surface area contributed by atoms with Crippen LogP contribution in [0, 0.1) is 0 Å². The minimum absolute atomic E-state index is 0.187. The molecular weight excluding hydrogens is 432 g/mol. The van der Waals surface area contributed by atoms with Gasteiger partial charge >= 0.3 is 0 Å². The van der Waals surface area contributed by atoms with Crippen LogP contribution in [-0.2, 0) is 38.2 Å². The summed E-state index contributed by atoms with van der Waals surface area (Å²) in [6.45, 7) is 1.53. The topological polar surface area (TPSA) is 103 Å². The monoisotopic (exact) mass is 460 g/mol. The highest BCUT2D eigenvalue weighted by atomic mass is 32.2. The van der Waals surface area contributed by atoms with Gasteiger partial charge in [0.2, 0.25) is 10.0 Å². The first-order chi connectivity index (χ1) is 15.4. The van der Waals surface area contributed by atoms with Crippen LogP contribution >= 0.6 is 0 Å². The molecule has 1 atom stereocenters. The molecule has 172 valence electrons. The van der Waals surface area contributed by atoms with Gasteiger partial charge in [-0.05, 0) is 43.4 Å². The number of fused-ring (bicyclic) bond motifs is 2. The smallest absolute Gasteiger partial charge is 0.251 e. The van der Waals surface area contributed by atoms with Gasteiger partial charge in [0, 0.05) is 32.0 Å². The number of hydrogen-bond donors (Lipinski definition) is 1. The summed E-state index contributed by atoms with van der Waals surface area (Å²) >= 11 is 0. The van der Waals surface area contributed by atoms with E-state index in [1.165, 1.54) is 0 Å². The van der Waals surface area contributed by atoms with Crippen molar-refractivity contribution in [3.8, 4) is 5.75 Å². The van der Waals surface area contributed by atoms with E-state index < -0.39 is 21.7 Å². The Morgan fingerprint density at radius 1 is 1.25 bits per heavy atom. The standard InChI is InChI=1S/C22H28N4O5S/c1-30-17-4-2-16(3-5-17)14-24-20(27)19-15-25-13-10-23-21(25)22(31-19)8-11-26(12-9-22)32(28,29)18-6-7-18/h2-5,10,13,18-19H,6-9,11-12,14-15H2,1H3,(H,24,27). The van der Waals surface area contributed by atoms with Crippen molar-refractivity contribution in [1.29, 1.82) is 0 Å². The lowest BCUT2D eigenvalue weighted by Gasteiger charge is -2.45. The Labute approximate surface area is 187 Å². The number of imidazole rings is 1. The van der Waals surface area contributed by atoms with Crippen molar-refractivity contribution in [2.75, 3.05) is 20.2 Å². The van der Waals surface area contributed by atoms with E-state index >= 15 is 0 Å². The number of ether oxygens (including phenoxy) is 2. The van der Waals surface area contributed by atoms with E-state index in [1.54, 1.807) is 17.6 Å². The molecule has 1 aliphatic carbocycles. The van der Waals surface area contributed by atoms with E-state index in [0.29, 0.717) is 39.0 Å². The second-order valence-corrected chi connectivity index (χ2v) is 10.9. The number of carbonyl (C=O) groups is 1. The number of amides is 1. The number of benzene rings is 1. The Morgan fingerprint density at radius 3 is 2.62 bits per heavy atom. The molecule has 2 aromatic rings. The predicted octanol–water partition coefficient (Wildman–Crippen LogP) is 1.39. The number of nitrogens with zero attached hydrogens (tertiary/aromatic N) is 3. The lowest BCUT2D eigenvalue weighted by atomic mass is 9.89. The Morgan fingerprint density at radius 2 is 1.97 bits per heavy atom. The van der Waals surface area contributed by atoms with Crippen LogP contribution in [0.1, 0.15) is 37.1 Å². The van der Waals surface area contributed by atoms with Crippen LogP contribution in [0.5, 0.6) is 5.75 Å². The molecule has 1 saturated carbocycles. The van der Waals surface area contributed by atoms with Crippen molar-refractivity contribution in [2.45, 2.75) is 55.7 Å². The molecular formula is C22H28N4O5S. The van der Waals surface area contributed by atoms with Crippen molar-refractivity contribution in [1.82, 2.24) is 19.2 Å². The second-order valence-electron chi connectivity index (χ2n) is 8.71. The van der Waals surface area contributed by atoms with Crippen molar-refractivity contribution < 1.29 is 22.7 Å². The molecule has 10 heteroatoms. The Hall–Kier alpha value is -2.43. The summed E-state index contributed by atoms with van der Waals surface area (Å²) < 4.78 is 40.4. The zero-order valence-electron chi connectivity index (χ0n) is 18.1. The van der Waals surface area contributed by atoms with Crippen LogP contribution < -0.4 is 10.1 Å². The normalized spacial score (nSPS) is 23.0. The summed E-state index contributed by atoms with van der Waals surface area (Å²) in [5, 5.41) is 2.74. The maximum Gasteiger partial charge on any atom is 0.251 e. The third-order valence-electron chi connectivity index (χ3n) is 6.61. The van der Waals surface area contributed by atoms with E-state index in [4.69, 9.17) is 9.47 Å². The summed E-state index contributed by atoms with van der Waals surface area (Å²) in [5.41, 5.74) is 0.214. The maximum absolute atomic E-state index is 13.0. The molecule has 3 aliphatic rings. The summed E-state index contributed by atoms with van der Waals surface area (Å²) in [6, 6.07) is 7.53. The minimum Gasteiger partial charge on any atom is -0.497 e. The third kappa shape index (κ3) is 3.91. The van der Waals surface area contributed by atoms with Gasteiger partial charge in [0.1, 0.15) is 17.2 Å². The molecule has 32 heavy (non-hydrogen) atoms. The lowest BCUT2D eigenvalue weighted by Crippen LogP contribution is -2.54. The first-order valence-electron chi connectivity index (χ1n) is 11.0. The van der Waals surface area contributed by atoms with Gasteiger partial charge in [-0.25, -0.2) is 17.7 Å². The zero-order chi connectivity index (χ0) is 22.3. The van der Waals surface area contributed by atoms with Gasteiger partial charge < -0.3 is 19.4 Å². The summed E-state index contributed by atoms with van der Waals surface area (Å²) in [6.07, 6.45) is 5.38. The minimum atomic E-state index is -3.22. The molecule has 3 heterocycles. The quantitative estimate of drug-likeness (QED) is 0.699. The fourth-order valence-corrected chi connectivity index (χ4v) is 6.44. The SMILES string of the molecule is COc1ccc(CNC(=O)C2Cn3ccnc3C3(CCN(S(=O)(=O)C4CC4)CC3)O2)cc1. The average Bonchev–Trinajstić information content (AvgIpc) is 3.57. The Balaban J connectivity index is 1.27. The molecule has 2 aliphatic heterocycles. The Bertz CT molecular complexity index is 1090. The molecule has 9 nitrogen and oxygen atoms in total. The highest BCUT2D eigenvalue weighted by Crippen LogP contribution is 2.42. The Kier molecular flexibility index (Phi) is 5.47. The fraction of sp³-hybridized carbons (Fsp3) is 0.545. The van der Waals surface area contributed by atoms with Crippen molar-refractivity contribution in [2.24, 2.45) is 0 Å². The summed E-state index contributed by atoms with van der Waals surface area (Å²) in [4.78, 5) is 17.5. The zero-order valence-corrected chi connectivity index (χ0v) is 18.9. The first-order valence-corrected chi connectivity index (χ1v) is 12.5. The van der Waals surface area contributed by atoms with E-state index in [1.807, 2.05) is 35.0 Å². The molecule has 5 rings (SSSR count). The molecule has 1 spiro atoms. The summed E-state index contributed by atoms with van der Waals surface area (Å²) in [5.74, 6) is 1.35. The molecule has 0 radical (unpaired) electrons. The maximum atomic E-state index is 13.0. The number of sulfonamides is 1. The van der Waals surface area contributed by atoms with Crippen molar-refractivity contribution >= 4 is 15.9 Å². The number of nitrogens with one attached hydrogen (secondary N) is 1. The summed E-state index contributed by atoms with van der Waals surface area (Å²) in [7, 11) is -1.61. The molecule has 2 fully saturated rings. The molecule has 1 unspecified atom stereocenters. The molecule has 1 aromatic heterocycles. The molecule has 1 amide bonds. The molecule has 1 saturated heterocycles. The van der Waals surface area contributed by atoms with Crippen molar-refractivity contribution in [3.63, 3.8) is 0 Å². The number of aromatic nitrogens is 2. The van der Waals surface area contributed by atoms with E-state index in [9.17, 15) is 13.2 Å². The number of hydrogen-bond acceptors (Lipinski definition) is 6. The number of piperidine rings is 1. The van der Waals surface area contributed by atoms with E-state index in [2.05, 4.69) is 10.3 Å². The largest absolute Gasteiger partial charge is 0.497 e. The predicted molar refractivity (Wildman–Crippen MR) is 116 cm³/mol. The van der Waals surface area contributed by atoms with Gasteiger partial charge in [-0.3, -0.25) is 4.79 Å². The van der Waals surface area contributed by atoms with Crippen LogP contribution in [0.25, 0.3) is 0 Å².